The molecule has 1 aromatic carbocycles. The van der Waals surface area contributed by atoms with Crippen molar-refractivity contribution in [2.45, 2.75) is 60.1 Å². The molecule has 2 aromatic rings. The summed E-state index contributed by atoms with van der Waals surface area (Å²) in [5.41, 5.74) is 2.37. The molecule has 1 atom stereocenters. The van der Waals surface area contributed by atoms with Gasteiger partial charge in [0.25, 0.3) is 0 Å². The molecule has 0 spiro atoms. The number of nitrogens with one attached hydrogen (secondary N) is 2. The Hall–Kier alpha value is -3.21. The van der Waals surface area contributed by atoms with E-state index in [-0.39, 0.29) is 28.3 Å². The Kier molecular flexibility index (Phi) is 11.9. The van der Waals surface area contributed by atoms with Gasteiger partial charge in [0, 0.05) is 22.9 Å². The first-order valence-electron chi connectivity index (χ1n) is 13.3. The van der Waals surface area contributed by atoms with Gasteiger partial charge in [-0.1, -0.05) is 46.3 Å². The summed E-state index contributed by atoms with van der Waals surface area (Å²) in [7, 11) is 1.29. The molecule has 2 rings (SSSR count). The maximum absolute atomic E-state index is 16.2. The number of benzene rings is 1. The molecule has 1 unspecified atom stereocenters. The fourth-order valence-corrected chi connectivity index (χ4v) is 4.18. The first-order chi connectivity index (χ1) is 18.7. The lowest BCUT2D eigenvalue weighted by Gasteiger charge is -2.17. The van der Waals surface area contributed by atoms with Crippen molar-refractivity contribution in [3.05, 3.63) is 46.2 Å². The molecule has 0 fully saturated rings. The molecule has 0 aliphatic carbocycles. The smallest absolute Gasteiger partial charge is 0.417 e. The maximum Gasteiger partial charge on any atom is 0.417 e. The Labute approximate surface area is 232 Å². The lowest BCUT2D eigenvalue weighted by atomic mass is 9.97. The van der Waals surface area contributed by atoms with Crippen molar-refractivity contribution in [3.8, 4) is 6.01 Å². The molecule has 0 saturated carbocycles. The van der Waals surface area contributed by atoms with E-state index in [4.69, 9.17) is 10.5 Å². The number of allylic oxidation sites excluding steroid dienone is 1. The molecule has 0 bridgehead atoms. The number of anilines is 2. The standard InChI is InChI=1S/C29H40F5N5O/c1-8-9-18(5)22-26(24(30)19(6)23-20(29(32,33)34)10-11-21(35)25(23)31)38-28(40-7)39-27(22)37-15-17(4)14-36-13-12-16(2)3/h10-11,16-17,36H,6,8-9,12-15,35H2,1-5,7H3,(H,37,38,39)/b22-18-,26-24-. The van der Waals surface area contributed by atoms with Crippen LogP contribution in [0.2, 0.25) is 0 Å². The number of hydrogen-bond acceptors (Lipinski definition) is 6. The summed E-state index contributed by atoms with van der Waals surface area (Å²) in [6.07, 6.45) is -2.69. The first-order valence-corrected chi connectivity index (χ1v) is 13.3. The van der Waals surface area contributed by atoms with Crippen molar-refractivity contribution in [2.24, 2.45) is 11.8 Å². The third-order valence-corrected chi connectivity index (χ3v) is 6.38. The molecule has 1 heterocycles. The van der Waals surface area contributed by atoms with E-state index >= 15 is 4.39 Å². The van der Waals surface area contributed by atoms with Gasteiger partial charge >= 0.3 is 12.2 Å². The van der Waals surface area contributed by atoms with Crippen LogP contribution in [0.3, 0.4) is 0 Å². The minimum absolute atomic E-state index is 0.162. The second kappa shape index (κ2) is 14.4. The van der Waals surface area contributed by atoms with E-state index in [0.29, 0.717) is 36.9 Å². The van der Waals surface area contributed by atoms with Crippen molar-refractivity contribution in [1.82, 2.24) is 15.3 Å². The van der Waals surface area contributed by atoms with Gasteiger partial charge < -0.3 is 21.1 Å². The second-order valence-corrected chi connectivity index (χ2v) is 10.4. The lowest BCUT2D eigenvalue weighted by molar-refractivity contribution is -0.137. The molecule has 40 heavy (non-hydrogen) atoms. The lowest BCUT2D eigenvalue weighted by Crippen LogP contribution is -2.37. The highest BCUT2D eigenvalue weighted by Crippen LogP contribution is 2.39. The number of halogens is 5. The summed E-state index contributed by atoms with van der Waals surface area (Å²) in [5.74, 6) is -1.65. The zero-order valence-corrected chi connectivity index (χ0v) is 24.0. The molecular weight excluding hydrogens is 529 g/mol. The molecule has 0 aliphatic heterocycles. The predicted molar refractivity (Wildman–Crippen MR) is 151 cm³/mol. The van der Waals surface area contributed by atoms with Gasteiger partial charge in [-0.15, -0.1) is 0 Å². The number of hydrogen-bond donors (Lipinski definition) is 3. The number of aromatic nitrogens is 2. The quantitative estimate of drug-likeness (QED) is 0.164. The Bertz CT molecular complexity index is 1310. The van der Waals surface area contributed by atoms with Gasteiger partial charge in [-0.05, 0) is 56.8 Å². The van der Waals surface area contributed by atoms with E-state index in [0.717, 1.165) is 25.6 Å². The first kappa shape index (κ1) is 33.0. The zero-order chi connectivity index (χ0) is 30.2. The van der Waals surface area contributed by atoms with Crippen LogP contribution in [-0.2, 0) is 6.18 Å². The van der Waals surface area contributed by atoms with Crippen LogP contribution in [0.25, 0.3) is 17.0 Å². The number of ether oxygens (including phenoxy) is 1. The summed E-state index contributed by atoms with van der Waals surface area (Å²) in [4.78, 5) is 8.52. The highest BCUT2D eigenvalue weighted by molar-refractivity contribution is 5.94. The van der Waals surface area contributed by atoms with E-state index in [9.17, 15) is 17.6 Å². The Morgan fingerprint density at radius 3 is 2.40 bits per heavy atom. The molecule has 222 valence electrons. The average molecular weight is 570 g/mol. The number of methoxy groups -OCH3 is 1. The SMILES string of the molecule is C=C(/C(F)=c1/nc(OC)nc(NCC(C)CNCCC(C)C)/c1=C(/C)CCC)c1c(C(F)(F)F)ccc(N)c1F. The fourth-order valence-electron chi connectivity index (χ4n) is 4.18. The highest BCUT2D eigenvalue weighted by atomic mass is 19.4. The van der Waals surface area contributed by atoms with Gasteiger partial charge in [0.1, 0.15) is 11.2 Å². The van der Waals surface area contributed by atoms with Crippen LogP contribution in [0.5, 0.6) is 6.01 Å². The predicted octanol–water partition coefficient (Wildman–Crippen LogP) is 5.67. The topological polar surface area (TPSA) is 85.1 Å². The van der Waals surface area contributed by atoms with Crippen molar-refractivity contribution in [3.63, 3.8) is 0 Å². The minimum Gasteiger partial charge on any atom is -0.467 e. The second-order valence-electron chi connectivity index (χ2n) is 10.4. The van der Waals surface area contributed by atoms with E-state index < -0.39 is 40.2 Å². The van der Waals surface area contributed by atoms with Crippen LogP contribution in [0, 0.1) is 17.7 Å². The number of rotatable bonds is 13. The van der Waals surface area contributed by atoms with Gasteiger partial charge in [-0.25, -0.2) is 8.78 Å². The zero-order valence-electron chi connectivity index (χ0n) is 24.0. The minimum atomic E-state index is -4.98. The van der Waals surface area contributed by atoms with Gasteiger partial charge in [0.15, 0.2) is 11.6 Å². The third-order valence-electron chi connectivity index (χ3n) is 6.38. The van der Waals surface area contributed by atoms with Gasteiger partial charge in [-0.3, -0.25) is 0 Å². The number of nitrogens with zero attached hydrogens (tertiary/aromatic N) is 2. The van der Waals surface area contributed by atoms with Gasteiger partial charge in [0.2, 0.25) is 0 Å². The molecule has 0 radical (unpaired) electrons. The normalized spacial score (nSPS) is 14.2. The Morgan fingerprint density at radius 2 is 1.82 bits per heavy atom. The summed E-state index contributed by atoms with van der Waals surface area (Å²) < 4.78 is 77.6. The van der Waals surface area contributed by atoms with Gasteiger partial charge in [-0.2, -0.15) is 23.1 Å². The summed E-state index contributed by atoms with van der Waals surface area (Å²) >= 11 is 0. The van der Waals surface area contributed by atoms with Crippen LogP contribution in [0.1, 0.15) is 65.0 Å². The number of nitrogens with two attached hydrogens (primary N) is 1. The highest BCUT2D eigenvalue weighted by Gasteiger charge is 2.36. The third kappa shape index (κ3) is 8.39. The van der Waals surface area contributed by atoms with Crippen molar-refractivity contribution in [2.75, 3.05) is 37.8 Å². The van der Waals surface area contributed by atoms with Crippen LogP contribution < -0.4 is 31.7 Å². The average Bonchev–Trinajstić information content (AvgIpc) is 2.89. The Balaban J connectivity index is 2.70. The van der Waals surface area contributed by atoms with Crippen LogP contribution in [0.15, 0.2) is 18.7 Å². The largest absolute Gasteiger partial charge is 0.467 e. The molecule has 0 amide bonds. The van der Waals surface area contributed by atoms with E-state index in [1.807, 2.05) is 13.8 Å². The Morgan fingerprint density at radius 1 is 1.15 bits per heavy atom. The molecular formula is C29H40F5N5O. The molecule has 0 aliphatic rings. The summed E-state index contributed by atoms with van der Waals surface area (Å²) in [6, 6.07) is 1.18. The molecule has 6 nitrogen and oxygen atoms in total. The molecule has 4 N–H and O–H groups in total. The molecule has 11 heteroatoms. The van der Waals surface area contributed by atoms with Crippen LogP contribution in [0.4, 0.5) is 33.5 Å². The number of alkyl halides is 3. The summed E-state index contributed by atoms with van der Waals surface area (Å²) in [5, 5.41) is 6.56. The van der Waals surface area contributed by atoms with Crippen molar-refractivity contribution >= 4 is 28.5 Å². The van der Waals surface area contributed by atoms with Crippen LogP contribution >= 0.6 is 0 Å². The van der Waals surface area contributed by atoms with Crippen molar-refractivity contribution in [1.29, 1.82) is 0 Å². The fraction of sp³-hybridized carbons (Fsp3) is 0.517. The van der Waals surface area contributed by atoms with Crippen molar-refractivity contribution < 1.29 is 26.7 Å². The molecule has 0 saturated heterocycles. The number of nitrogen functional groups attached to an aromatic ring is 1. The molecule has 1 aromatic heterocycles. The maximum atomic E-state index is 16.2. The van der Waals surface area contributed by atoms with Gasteiger partial charge in [0.05, 0.1) is 18.4 Å². The van der Waals surface area contributed by atoms with E-state index in [1.165, 1.54) is 7.11 Å². The van der Waals surface area contributed by atoms with Crippen LogP contribution in [-0.4, -0.2) is 36.7 Å². The van der Waals surface area contributed by atoms with E-state index in [1.54, 1.807) is 6.92 Å². The monoisotopic (exact) mass is 569 g/mol. The summed E-state index contributed by atoms with van der Waals surface area (Å²) in [6.45, 7) is 15.6. The van der Waals surface area contributed by atoms with E-state index in [2.05, 4.69) is 41.0 Å².